The second kappa shape index (κ2) is 6.84. The maximum Gasteiger partial charge on any atom is 0.149 e. The minimum Gasteiger partial charge on any atom is -0.392 e. The third-order valence-corrected chi connectivity index (χ3v) is 7.55. The third-order valence-electron chi connectivity index (χ3n) is 6.82. The highest BCUT2D eigenvalue weighted by Crippen LogP contribution is 2.54. The molecule has 0 radical (unpaired) electrons. The van der Waals surface area contributed by atoms with Crippen LogP contribution in [0.2, 0.25) is 10.0 Å². The Morgan fingerprint density at radius 2 is 1.75 bits per heavy atom. The molecule has 3 nitrogen and oxygen atoms in total. The normalized spacial score (nSPS) is 33.5. The zero-order chi connectivity index (χ0) is 19.6. The van der Waals surface area contributed by atoms with E-state index >= 15 is 0 Å². The quantitative estimate of drug-likeness (QED) is 0.761. The van der Waals surface area contributed by atoms with E-state index in [1.54, 1.807) is 6.07 Å². The largest absolute Gasteiger partial charge is 0.392 e. The van der Waals surface area contributed by atoms with E-state index in [9.17, 15) is 9.90 Å². The van der Waals surface area contributed by atoms with Gasteiger partial charge < -0.3 is 9.84 Å². The van der Waals surface area contributed by atoms with Crippen LogP contribution in [0.15, 0.2) is 36.4 Å². The number of aliphatic hydroxyl groups is 1. The molecule has 6 unspecified atom stereocenters. The molecule has 0 aromatic heterocycles. The summed E-state index contributed by atoms with van der Waals surface area (Å²) in [5.41, 5.74) is 3.97. The fourth-order valence-electron chi connectivity index (χ4n) is 5.52. The molecule has 1 N–H and O–H groups in total. The standard InChI is InChI=1S/C23H22Cl2O3/c1-2-11-3-4-12(13-5-6-15(24)16(25)10-13)9-14(11)19-22(26)20-17-7-8-18(28-17)21(20)23(19)27/h3-6,9-10,17-22,26H,2,7-8H2,1H3. The van der Waals surface area contributed by atoms with Gasteiger partial charge in [0.1, 0.15) is 5.78 Å². The van der Waals surface area contributed by atoms with Crippen molar-refractivity contribution in [1.82, 2.24) is 0 Å². The van der Waals surface area contributed by atoms with E-state index < -0.39 is 12.0 Å². The van der Waals surface area contributed by atoms with E-state index in [4.69, 9.17) is 27.9 Å². The smallest absolute Gasteiger partial charge is 0.149 e. The molecule has 2 aromatic carbocycles. The summed E-state index contributed by atoms with van der Waals surface area (Å²) in [6.07, 6.45) is 2.04. The predicted octanol–water partition coefficient (Wildman–Crippen LogP) is 5.04. The van der Waals surface area contributed by atoms with Gasteiger partial charge in [0.05, 0.1) is 40.2 Å². The molecule has 5 heteroatoms. The Bertz CT molecular complexity index is 957. The molecular formula is C23H22Cl2O3. The topological polar surface area (TPSA) is 46.5 Å². The number of aliphatic hydroxyl groups excluding tert-OH is 1. The second-order valence-electron chi connectivity index (χ2n) is 8.16. The number of fused-ring (bicyclic) bond motifs is 5. The van der Waals surface area contributed by atoms with E-state index in [2.05, 4.69) is 13.0 Å². The number of benzene rings is 2. The third kappa shape index (κ3) is 2.68. The van der Waals surface area contributed by atoms with Crippen molar-refractivity contribution in [1.29, 1.82) is 0 Å². The second-order valence-corrected chi connectivity index (χ2v) is 8.97. The van der Waals surface area contributed by atoms with Crippen LogP contribution in [0, 0.1) is 11.8 Å². The van der Waals surface area contributed by atoms with Crippen LogP contribution in [0.5, 0.6) is 0 Å². The number of ketones is 1. The lowest BCUT2D eigenvalue weighted by Crippen LogP contribution is -2.31. The molecule has 3 fully saturated rings. The van der Waals surface area contributed by atoms with Gasteiger partial charge in [-0.15, -0.1) is 0 Å². The molecule has 2 aliphatic heterocycles. The van der Waals surface area contributed by atoms with Crippen molar-refractivity contribution in [2.75, 3.05) is 0 Å². The summed E-state index contributed by atoms with van der Waals surface area (Å²) in [6, 6.07) is 11.7. The number of aryl methyl sites for hydroxylation is 1. The molecule has 146 valence electrons. The average molecular weight is 417 g/mol. The van der Waals surface area contributed by atoms with Gasteiger partial charge in [0.25, 0.3) is 0 Å². The molecule has 2 bridgehead atoms. The maximum absolute atomic E-state index is 13.3. The van der Waals surface area contributed by atoms with Gasteiger partial charge in [0, 0.05) is 5.92 Å². The Hall–Kier alpha value is -1.39. The Morgan fingerprint density at radius 1 is 1.04 bits per heavy atom. The summed E-state index contributed by atoms with van der Waals surface area (Å²) < 4.78 is 5.93. The fraction of sp³-hybridized carbons (Fsp3) is 0.435. The Kier molecular flexibility index (Phi) is 4.55. The molecule has 1 saturated carbocycles. The van der Waals surface area contributed by atoms with Gasteiger partial charge in [-0.05, 0) is 53.6 Å². The monoisotopic (exact) mass is 416 g/mol. The summed E-state index contributed by atoms with van der Waals surface area (Å²) in [7, 11) is 0. The Balaban J connectivity index is 1.57. The highest BCUT2D eigenvalue weighted by atomic mass is 35.5. The predicted molar refractivity (Wildman–Crippen MR) is 110 cm³/mol. The zero-order valence-corrected chi connectivity index (χ0v) is 17.1. The molecule has 1 aliphatic carbocycles. The lowest BCUT2D eigenvalue weighted by atomic mass is 9.81. The lowest BCUT2D eigenvalue weighted by Gasteiger charge is -2.24. The van der Waals surface area contributed by atoms with E-state index in [0.717, 1.165) is 41.5 Å². The van der Waals surface area contributed by atoms with Gasteiger partial charge in [-0.25, -0.2) is 0 Å². The van der Waals surface area contributed by atoms with Crippen LogP contribution >= 0.6 is 23.2 Å². The molecule has 2 saturated heterocycles. The average Bonchev–Trinajstić information content (AvgIpc) is 3.37. The van der Waals surface area contributed by atoms with Crippen LogP contribution in [0.1, 0.15) is 36.8 Å². The minimum atomic E-state index is -0.679. The van der Waals surface area contributed by atoms with E-state index in [0.29, 0.717) is 10.0 Å². The van der Waals surface area contributed by atoms with Crippen molar-refractivity contribution < 1.29 is 14.6 Å². The van der Waals surface area contributed by atoms with Gasteiger partial charge in [-0.2, -0.15) is 0 Å². The molecule has 0 spiro atoms. The summed E-state index contributed by atoms with van der Waals surface area (Å²) in [6.45, 7) is 2.08. The number of hydrogen-bond donors (Lipinski definition) is 1. The van der Waals surface area contributed by atoms with Gasteiger partial charge >= 0.3 is 0 Å². The lowest BCUT2D eigenvalue weighted by molar-refractivity contribution is -0.124. The molecule has 6 atom stereocenters. The maximum atomic E-state index is 13.3. The van der Waals surface area contributed by atoms with Crippen molar-refractivity contribution in [3.05, 3.63) is 57.6 Å². The summed E-state index contributed by atoms with van der Waals surface area (Å²) in [4.78, 5) is 13.3. The van der Waals surface area contributed by atoms with E-state index in [1.165, 1.54) is 0 Å². The highest BCUT2D eigenvalue weighted by Gasteiger charge is 2.62. The zero-order valence-electron chi connectivity index (χ0n) is 15.6. The number of carbonyl (C=O) groups excluding carboxylic acids is 1. The summed E-state index contributed by atoms with van der Waals surface area (Å²) in [5.74, 6) is -0.544. The fourth-order valence-corrected chi connectivity index (χ4v) is 5.82. The molecular weight excluding hydrogens is 395 g/mol. The number of halogens is 2. The van der Waals surface area contributed by atoms with Gasteiger partial charge in [0.2, 0.25) is 0 Å². The Morgan fingerprint density at radius 3 is 2.46 bits per heavy atom. The summed E-state index contributed by atoms with van der Waals surface area (Å²) >= 11 is 12.3. The molecule has 3 aliphatic rings. The first-order valence-electron chi connectivity index (χ1n) is 9.95. The van der Waals surface area contributed by atoms with Crippen molar-refractivity contribution in [3.63, 3.8) is 0 Å². The number of Topliss-reactive ketones (excluding diaryl/α,β-unsaturated/α-hetero) is 1. The van der Waals surface area contributed by atoms with Gasteiger partial charge in [-0.3, -0.25) is 4.79 Å². The van der Waals surface area contributed by atoms with Crippen LogP contribution in [0.25, 0.3) is 11.1 Å². The number of ether oxygens (including phenoxy) is 1. The first-order valence-corrected chi connectivity index (χ1v) is 10.7. The number of hydrogen-bond acceptors (Lipinski definition) is 3. The number of carbonyl (C=O) groups is 1. The molecule has 0 amide bonds. The highest BCUT2D eigenvalue weighted by molar-refractivity contribution is 6.42. The molecule has 5 rings (SSSR count). The van der Waals surface area contributed by atoms with Crippen molar-refractivity contribution in [3.8, 4) is 11.1 Å². The summed E-state index contributed by atoms with van der Waals surface area (Å²) in [5, 5.41) is 12.1. The van der Waals surface area contributed by atoms with Crippen LogP contribution in [0.3, 0.4) is 0 Å². The Labute approximate surface area is 174 Å². The van der Waals surface area contributed by atoms with E-state index in [-0.39, 0.29) is 29.8 Å². The molecule has 2 aromatic rings. The first-order chi connectivity index (χ1) is 13.5. The van der Waals surface area contributed by atoms with Gasteiger partial charge in [0.15, 0.2) is 0 Å². The number of rotatable bonds is 3. The van der Waals surface area contributed by atoms with Crippen LogP contribution in [0.4, 0.5) is 0 Å². The molecule has 2 heterocycles. The molecule has 28 heavy (non-hydrogen) atoms. The van der Waals surface area contributed by atoms with Gasteiger partial charge in [-0.1, -0.05) is 54.4 Å². The van der Waals surface area contributed by atoms with Crippen molar-refractivity contribution in [2.24, 2.45) is 11.8 Å². The van der Waals surface area contributed by atoms with Crippen LogP contribution in [-0.2, 0) is 16.0 Å². The van der Waals surface area contributed by atoms with Crippen LogP contribution in [-0.4, -0.2) is 29.2 Å². The SMILES string of the molecule is CCc1ccc(-c2ccc(Cl)c(Cl)c2)cc1C1C(=O)C2C3CCC(O3)C2C1O. The first kappa shape index (κ1) is 18.6. The minimum absolute atomic E-state index is 0.00881. The van der Waals surface area contributed by atoms with Crippen LogP contribution < -0.4 is 0 Å². The van der Waals surface area contributed by atoms with Crippen molar-refractivity contribution >= 4 is 29.0 Å². The van der Waals surface area contributed by atoms with E-state index in [1.807, 2.05) is 24.3 Å². The van der Waals surface area contributed by atoms with Crippen molar-refractivity contribution in [2.45, 2.75) is 50.4 Å².